The Morgan fingerprint density at radius 2 is 1.40 bits per heavy atom. The van der Waals surface area contributed by atoms with E-state index >= 15 is 0 Å². The van der Waals surface area contributed by atoms with Crippen molar-refractivity contribution in [3.8, 4) is 0 Å². The highest BCUT2D eigenvalue weighted by Gasteiger charge is 2.57. The van der Waals surface area contributed by atoms with Gasteiger partial charge in [-0.3, -0.25) is 9.59 Å². The summed E-state index contributed by atoms with van der Waals surface area (Å²) in [5, 5.41) is 2.80. The van der Waals surface area contributed by atoms with Crippen LogP contribution in [0.5, 0.6) is 0 Å². The van der Waals surface area contributed by atoms with E-state index in [2.05, 4.69) is 11.9 Å². The molecule has 7 nitrogen and oxygen atoms in total. The second-order valence-corrected chi connectivity index (χ2v) is 9.77. The largest absolute Gasteiger partial charge is 0.460 e. The molecule has 1 amide bonds. The maximum absolute atomic E-state index is 13.4. The molecule has 1 saturated carbocycles. The standard InChI is InChI=1S/C28H33NO6/c1-5-22-16-28(17-23(22)29-26(32)35-27(2,3)4,24(30)33-18-20-12-8-6-9-13-20)25(31)34-19-21-14-10-7-11-15-21/h5-15,22-23H,1,16-19H2,2-4H3,(H,29,32)/t22-,23-/m0/s1. The van der Waals surface area contributed by atoms with Crippen LogP contribution in [0.1, 0.15) is 44.7 Å². The van der Waals surface area contributed by atoms with E-state index < -0.39 is 35.1 Å². The molecule has 1 N–H and O–H groups in total. The van der Waals surface area contributed by atoms with Crippen molar-refractivity contribution in [3.05, 3.63) is 84.4 Å². The predicted molar refractivity (Wildman–Crippen MR) is 131 cm³/mol. The normalized spacial score (nSPS) is 18.8. The van der Waals surface area contributed by atoms with Crippen molar-refractivity contribution in [1.29, 1.82) is 0 Å². The number of alkyl carbamates (subject to hydrolysis) is 1. The minimum atomic E-state index is -1.58. The van der Waals surface area contributed by atoms with Gasteiger partial charge in [0.2, 0.25) is 0 Å². The molecule has 0 bridgehead atoms. The third kappa shape index (κ3) is 6.94. The van der Waals surface area contributed by atoms with Crippen LogP contribution in [-0.2, 0) is 37.0 Å². The Bertz CT molecular complexity index is 973. The minimum absolute atomic E-state index is 0.0180. The summed E-state index contributed by atoms with van der Waals surface area (Å²) in [5.74, 6) is -1.71. The zero-order valence-corrected chi connectivity index (χ0v) is 20.5. The second kappa shape index (κ2) is 11.2. The van der Waals surface area contributed by atoms with Crippen molar-refractivity contribution in [3.63, 3.8) is 0 Å². The molecule has 1 aliphatic rings. The van der Waals surface area contributed by atoms with Gasteiger partial charge in [-0.1, -0.05) is 66.7 Å². The number of rotatable bonds is 8. The van der Waals surface area contributed by atoms with Gasteiger partial charge in [0, 0.05) is 6.04 Å². The van der Waals surface area contributed by atoms with Gasteiger partial charge in [-0.2, -0.15) is 0 Å². The number of nitrogens with one attached hydrogen (secondary N) is 1. The van der Waals surface area contributed by atoms with Gasteiger partial charge in [-0.25, -0.2) is 4.79 Å². The number of amides is 1. The summed E-state index contributed by atoms with van der Waals surface area (Å²) in [6, 6.07) is 17.9. The lowest BCUT2D eigenvalue weighted by Crippen LogP contribution is -2.43. The fourth-order valence-corrected chi connectivity index (χ4v) is 4.16. The zero-order chi connectivity index (χ0) is 25.5. The van der Waals surface area contributed by atoms with E-state index in [1.807, 2.05) is 60.7 Å². The van der Waals surface area contributed by atoms with E-state index in [0.29, 0.717) is 0 Å². The molecule has 35 heavy (non-hydrogen) atoms. The molecule has 3 rings (SSSR count). The maximum Gasteiger partial charge on any atom is 0.407 e. The Morgan fingerprint density at radius 1 is 0.914 bits per heavy atom. The summed E-state index contributed by atoms with van der Waals surface area (Å²) in [5.41, 5.74) is -0.667. The molecule has 0 unspecified atom stereocenters. The summed E-state index contributed by atoms with van der Waals surface area (Å²) < 4.78 is 16.6. The van der Waals surface area contributed by atoms with Gasteiger partial charge in [-0.05, 0) is 50.7 Å². The number of benzene rings is 2. The molecule has 0 aliphatic heterocycles. The van der Waals surface area contributed by atoms with Crippen LogP contribution in [0.4, 0.5) is 4.79 Å². The van der Waals surface area contributed by atoms with Gasteiger partial charge < -0.3 is 19.5 Å². The molecule has 2 atom stereocenters. The lowest BCUT2D eigenvalue weighted by molar-refractivity contribution is -0.174. The molecule has 186 valence electrons. The first-order valence-corrected chi connectivity index (χ1v) is 11.7. The van der Waals surface area contributed by atoms with Crippen molar-refractivity contribution < 1.29 is 28.6 Å². The van der Waals surface area contributed by atoms with Gasteiger partial charge in [0.05, 0.1) is 0 Å². The predicted octanol–water partition coefficient (Wildman–Crippen LogP) is 4.95. The fraction of sp³-hybridized carbons (Fsp3) is 0.393. The summed E-state index contributed by atoms with van der Waals surface area (Å²) >= 11 is 0. The van der Waals surface area contributed by atoms with Crippen LogP contribution >= 0.6 is 0 Å². The minimum Gasteiger partial charge on any atom is -0.460 e. The van der Waals surface area contributed by atoms with E-state index in [-0.39, 0.29) is 32.0 Å². The highest BCUT2D eigenvalue weighted by Crippen LogP contribution is 2.45. The third-order valence-electron chi connectivity index (χ3n) is 5.88. The molecule has 2 aromatic carbocycles. The Balaban J connectivity index is 1.80. The summed E-state index contributed by atoms with van der Waals surface area (Å²) in [4.78, 5) is 39.3. The molecule has 7 heteroatoms. The topological polar surface area (TPSA) is 90.9 Å². The molecular weight excluding hydrogens is 446 g/mol. The van der Waals surface area contributed by atoms with Crippen molar-refractivity contribution in [1.82, 2.24) is 5.32 Å². The SMILES string of the molecule is C=C[C@H]1CC(C(=O)OCc2ccccc2)(C(=O)OCc2ccccc2)C[C@@H]1NC(=O)OC(C)(C)C. The third-order valence-corrected chi connectivity index (χ3v) is 5.88. The highest BCUT2D eigenvalue weighted by molar-refractivity contribution is 6.00. The van der Waals surface area contributed by atoms with Gasteiger partial charge in [0.25, 0.3) is 0 Å². The average molecular weight is 480 g/mol. The summed E-state index contributed by atoms with van der Waals surface area (Å²) in [7, 11) is 0. The van der Waals surface area contributed by atoms with Crippen molar-refractivity contribution in [2.45, 2.75) is 58.5 Å². The number of hydrogen-bond donors (Lipinski definition) is 1. The molecule has 0 aromatic heterocycles. The lowest BCUT2D eigenvalue weighted by Gasteiger charge is -2.26. The van der Waals surface area contributed by atoms with E-state index in [9.17, 15) is 14.4 Å². The summed E-state index contributed by atoms with van der Waals surface area (Å²) in [6.07, 6.45) is 1.14. The fourth-order valence-electron chi connectivity index (χ4n) is 4.16. The van der Waals surface area contributed by atoms with E-state index in [0.717, 1.165) is 11.1 Å². The average Bonchev–Trinajstić information content (AvgIpc) is 3.20. The van der Waals surface area contributed by atoms with E-state index in [1.165, 1.54) is 0 Å². The van der Waals surface area contributed by atoms with Crippen LogP contribution in [0.2, 0.25) is 0 Å². The summed E-state index contributed by atoms with van der Waals surface area (Å²) in [6.45, 7) is 9.18. The second-order valence-electron chi connectivity index (χ2n) is 9.77. The molecule has 0 radical (unpaired) electrons. The molecule has 0 heterocycles. The van der Waals surface area contributed by atoms with Gasteiger partial charge >= 0.3 is 18.0 Å². The van der Waals surface area contributed by atoms with Crippen LogP contribution in [0.3, 0.4) is 0 Å². The van der Waals surface area contributed by atoms with Crippen LogP contribution in [0.25, 0.3) is 0 Å². The van der Waals surface area contributed by atoms with Crippen molar-refractivity contribution >= 4 is 18.0 Å². The molecule has 0 saturated heterocycles. The molecule has 1 aliphatic carbocycles. The van der Waals surface area contributed by atoms with E-state index in [1.54, 1.807) is 26.8 Å². The number of carbonyl (C=O) groups is 3. The number of ether oxygens (including phenoxy) is 3. The number of hydrogen-bond acceptors (Lipinski definition) is 6. The van der Waals surface area contributed by atoms with Crippen LogP contribution in [-0.4, -0.2) is 29.7 Å². The van der Waals surface area contributed by atoms with Crippen LogP contribution in [0.15, 0.2) is 73.3 Å². The Labute approximate surface area is 206 Å². The number of carbonyl (C=O) groups excluding carboxylic acids is 3. The first kappa shape index (κ1) is 26.0. The van der Waals surface area contributed by atoms with Gasteiger partial charge in [-0.15, -0.1) is 6.58 Å². The first-order chi connectivity index (χ1) is 16.6. The maximum atomic E-state index is 13.4. The smallest absolute Gasteiger partial charge is 0.407 e. The number of esters is 2. The molecular formula is C28H33NO6. The molecule has 2 aromatic rings. The Kier molecular flexibility index (Phi) is 8.33. The highest BCUT2D eigenvalue weighted by atomic mass is 16.6. The monoisotopic (exact) mass is 479 g/mol. The quantitative estimate of drug-likeness (QED) is 0.249. The van der Waals surface area contributed by atoms with Crippen molar-refractivity contribution in [2.24, 2.45) is 11.3 Å². The van der Waals surface area contributed by atoms with Gasteiger partial charge in [0.1, 0.15) is 18.8 Å². The first-order valence-electron chi connectivity index (χ1n) is 11.7. The molecule has 1 fully saturated rings. The zero-order valence-electron chi connectivity index (χ0n) is 20.5. The Morgan fingerprint density at radius 3 is 1.83 bits per heavy atom. The van der Waals surface area contributed by atoms with E-state index in [4.69, 9.17) is 14.2 Å². The Hall–Kier alpha value is -3.61. The molecule has 0 spiro atoms. The van der Waals surface area contributed by atoms with Crippen LogP contribution in [0, 0.1) is 11.3 Å². The van der Waals surface area contributed by atoms with Crippen molar-refractivity contribution in [2.75, 3.05) is 0 Å². The lowest BCUT2D eigenvalue weighted by atomic mass is 9.85. The van der Waals surface area contributed by atoms with Crippen LogP contribution < -0.4 is 5.32 Å². The van der Waals surface area contributed by atoms with Gasteiger partial charge in [0.15, 0.2) is 5.41 Å².